The van der Waals surface area contributed by atoms with Crippen LogP contribution in [0.5, 0.6) is 0 Å². The van der Waals surface area contributed by atoms with Gasteiger partial charge in [0.2, 0.25) is 5.91 Å². The number of furan rings is 1. The number of carbonyl (C=O) groups is 2. The third-order valence-corrected chi connectivity index (χ3v) is 2.17. The van der Waals surface area contributed by atoms with Crippen molar-refractivity contribution in [1.82, 2.24) is 10.2 Å². The molecule has 0 saturated carbocycles. The van der Waals surface area contributed by atoms with Crippen LogP contribution in [0.25, 0.3) is 0 Å². The number of hydrogen-bond acceptors (Lipinski definition) is 3. The molecule has 1 aromatic heterocycles. The number of nitrogens with zero attached hydrogens (tertiary/aromatic N) is 1. The summed E-state index contributed by atoms with van der Waals surface area (Å²) in [4.78, 5) is 24.6. The van der Waals surface area contributed by atoms with Gasteiger partial charge in [-0.05, 0) is 18.1 Å². The van der Waals surface area contributed by atoms with Crippen molar-refractivity contribution in [1.29, 1.82) is 0 Å². The molecule has 2 amide bonds. The molecule has 0 aliphatic carbocycles. The maximum Gasteiger partial charge on any atom is 0.289 e. The second-order valence-corrected chi connectivity index (χ2v) is 4.34. The molecule has 0 aliphatic heterocycles. The summed E-state index contributed by atoms with van der Waals surface area (Å²) >= 11 is 0. The van der Waals surface area contributed by atoms with Crippen molar-refractivity contribution in [3.63, 3.8) is 0 Å². The van der Waals surface area contributed by atoms with E-state index in [0.29, 0.717) is 12.5 Å². The average Bonchev–Trinajstić information content (AvgIpc) is 2.78. The van der Waals surface area contributed by atoms with Gasteiger partial charge in [-0.3, -0.25) is 9.59 Å². The molecule has 1 N–H and O–H groups in total. The molecule has 1 aromatic rings. The van der Waals surface area contributed by atoms with Crippen LogP contribution in [0, 0.1) is 5.92 Å². The molecule has 0 bridgehead atoms. The maximum absolute atomic E-state index is 11.7. The molecule has 0 atom stereocenters. The molecule has 0 fully saturated rings. The van der Waals surface area contributed by atoms with Crippen molar-refractivity contribution in [2.45, 2.75) is 13.8 Å². The summed E-state index contributed by atoms with van der Waals surface area (Å²) in [5, 5.41) is 2.75. The number of carbonyl (C=O) groups excluding carboxylic acids is 2. The maximum atomic E-state index is 11.7. The number of amides is 2. The molecular weight excluding hydrogens is 220 g/mol. The van der Waals surface area contributed by atoms with Crippen LogP contribution in [0.1, 0.15) is 24.4 Å². The number of likely N-dealkylation sites (N-methyl/N-ethyl adjacent to an activating group) is 1. The van der Waals surface area contributed by atoms with Crippen LogP contribution in [0.3, 0.4) is 0 Å². The van der Waals surface area contributed by atoms with E-state index in [1.165, 1.54) is 11.2 Å². The summed E-state index contributed by atoms with van der Waals surface area (Å²) in [5.74, 6) is 0.171. The molecule has 0 aromatic carbocycles. The van der Waals surface area contributed by atoms with Crippen molar-refractivity contribution in [2.75, 3.05) is 20.1 Å². The van der Waals surface area contributed by atoms with E-state index < -0.39 is 0 Å². The van der Waals surface area contributed by atoms with Crippen molar-refractivity contribution >= 4 is 11.8 Å². The molecule has 0 aliphatic rings. The Labute approximate surface area is 101 Å². The Bertz CT molecular complexity index is 371. The van der Waals surface area contributed by atoms with Crippen molar-refractivity contribution in [2.24, 2.45) is 5.92 Å². The summed E-state index contributed by atoms with van der Waals surface area (Å²) in [6.45, 7) is 4.67. The predicted octanol–water partition coefficient (Wildman–Crippen LogP) is 1.12. The Hall–Kier alpha value is -1.78. The fraction of sp³-hybridized carbons (Fsp3) is 0.500. The van der Waals surface area contributed by atoms with Gasteiger partial charge in [-0.15, -0.1) is 0 Å². The first-order chi connectivity index (χ1) is 8.00. The third kappa shape index (κ3) is 4.30. The Kier molecular flexibility index (Phi) is 4.75. The number of nitrogens with one attached hydrogen (secondary N) is 1. The average molecular weight is 238 g/mol. The molecule has 1 rings (SSSR count). The highest BCUT2D eigenvalue weighted by molar-refractivity contribution is 5.94. The lowest BCUT2D eigenvalue weighted by Crippen LogP contribution is -2.39. The Morgan fingerprint density at radius 1 is 1.47 bits per heavy atom. The van der Waals surface area contributed by atoms with Gasteiger partial charge < -0.3 is 14.6 Å². The molecule has 0 radical (unpaired) electrons. The van der Waals surface area contributed by atoms with Crippen LogP contribution in [0.2, 0.25) is 0 Å². The molecule has 0 saturated heterocycles. The molecular formula is C12H18N2O3. The summed E-state index contributed by atoms with van der Waals surface area (Å²) in [6.07, 6.45) is 1.43. The number of rotatable bonds is 5. The van der Waals surface area contributed by atoms with E-state index in [2.05, 4.69) is 5.32 Å². The van der Waals surface area contributed by atoms with Crippen LogP contribution in [-0.4, -0.2) is 36.9 Å². The monoisotopic (exact) mass is 238 g/mol. The standard InChI is InChI=1S/C12H18N2O3/c1-9(2)7-13-11(15)8-14(3)12(16)10-5-4-6-17-10/h4-6,9H,7-8H2,1-3H3,(H,13,15). The van der Waals surface area contributed by atoms with Crippen molar-refractivity contribution in [3.05, 3.63) is 24.2 Å². The number of hydrogen-bond donors (Lipinski definition) is 1. The minimum atomic E-state index is -0.297. The highest BCUT2D eigenvalue weighted by atomic mass is 16.3. The quantitative estimate of drug-likeness (QED) is 0.836. The van der Waals surface area contributed by atoms with Gasteiger partial charge in [0.15, 0.2) is 5.76 Å². The Morgan fingerprint density at radius 2 is 2.18 bits per heavy atom. The van der Waals surface area contributed by atoms with Crippen LogP contribution in [-0.2, 0) is 4.79 Å². The second kappa shape index (κ2) is 6.08. The first kappa shape index (κ1) is 13.3. The van der Waals surface area contributed by atoms with Gasteiger partial charge in [0.25, 0.3) is 5.91 Å². The fourth-order valence-electron chi connectivity index (χ4n) is 1.25. The molecule has 0 spiro atoms. The van der Waals surface area contributed by atoms with Gasteiger partial charge in [-0.2, -0.15) is 0 Å². The van der Waals surface area contributed by atoms with E-state index in [1.807, 2.05) is 13.8 Å². The lowest BCUT2D eigenvalue weighted by molar-refractivity contribution is -0.121. The van der Waals surface area contributed by atoms with E-state index in [1.54, 1.807) is 19.2 Å². The van der Waals surface area contributed by atoms with Gasteiger partial charge in [-0.1, -0.05) is 13.8 Å². The smallest absolute Gasteiger partial charge is 0.289 e. The molecule has 1 heterocycles. The minimum absolute atomic E-state index is 0.0340. The van der Waals surface area contributed by atoms with E-state index in [9.17, 15) is 9.59 Å². The highest BCUT2D eigenvalue weighted by Crippen LogP contribution is 2.03. The van der Waals surface area contributed by atoms with Crippen LogP contribution < -0.4 is 5.32 Å². The molecule has 0 unspecified atom stereocenters. The van der Waals surface area contributed by atoms with Crippen LogP contribution in [0.15, 0.2) is 22.8 Å². The van der Waals surface area contributed by atoms with Crippen LogP contribution >= 0.6 is 0 Å². The lowest BCUT2D eigenvalue weighted by atomic mass is 10.2. The summed E-state index contributed by atoms with van der Waals surface area (Å²) < 4.78 is 4.97. The van der Waals surface area contributed by atoms with E-state index in [4.69, 9.17) is 4.42 Å². The fourth-order valence-corrected chi connectivity index (χ4v) is 1.25. The summed E-state index contributed by atoms with van der Waals surface area (Å²) in [7, 11) is 1.57. The van der Waals surface area contributed by atoms with Crippen LogP contribution in [0.4, 0.5) is 0 Å². The molecule has 5 heteroatoms. The minimum Gasteiger partial charge on any atom is -0.459 e. The molecule has 17 heavy (non-hydrogen) atoms. The predicted molar refractivity (Wildman–Crippen MR) is 63.5 cm³/mol. The van der Waals surface area contributed by atoms with E-state index in [-0.39, 0.29) is 24.1 Å². The topological polar surface area (TPSA) is 62.6 Å². The third-order valence-electron chi connectivity index (χ3n) is 2.17. The zero-order valence-corrected chi connectivity index (χ0v) is 10.4. The summed E-state index contributed by atoms with van der Waals surface area (Å²) in [6, 6.07) is 3.21. The van der Waals surface area contributed by atoms with E-state index >= 15 is 0 Å². The normalized spacial score (nSPS) is 10.4. The first-order valence-corrected chi connectivity index (χ1v) is 5.56. The van der Waals surface area contributed by atoms with Crippen molar-refractivity contribution < 1.29 is 14.0 Å². The zero-order chi connectivity index (χ0) is 12.8. The van der Waals surface area contributed by atoms with Gasteiger partial charge in [0, 0.05) is 13.6 Å². The van der Waals surface area contributed by atoms with Gasteiger partial charge in [-0.25, -0.2) is 0 Å². The lowest BCUT2D eigenvalue weighted by Gasteiger charge is -2.15. The van der Waals surface area contributed by atoms with E-state index in [0.717, 1.165) is 0 Å². The summed E-state index contributed by atoms with van der Waals surface area (Å²) in [5.41, 5.74) is 0. The largest absolute Gasteiger partial charge is 0.459 e. The van der Waals surface area contributed by atoms with Gasteiger partial charge in [0.05, 0.1) is 12.8 Å². The second-order valence-electron chi connectivity index (χ2n) is 4.34. The van der Waals surface area contributed by atoms with Gasteiger partial charge in [0.1, 0.15) is 0 Å². The van der Waals surface area contributed by atoms with Gasteiger partial charge >= 0.3 is 0 Å². The van der Waals surface area contributed by atoms with Crippen molar-refractivity contribution in [3.8, 4) is 0 Å². The first-order valence-electron chi connectivity index (χ1n) is 5.56. The Morgan fingerprint density at radius 3 is 2.71 bits per heavy atom. The zero-order valence-electron chi connectivity index (χ0n) is 10.4. The Balaban J connectivity index is 2.41. The SMILES string of the molecule is CC(C)CNC(=O)CN(C)C(=O)c1ccco1. The highest BCUT2D eigenvalue weighted by Gasteiger charge is 2.16. The molecule has 94 valence electrons. The molecule has 5 nitrogen and oxygen atoms in total.